The Morgan fingerprint density at radius 1 is 0.864 bits per heavy atom. The Labute approximate surface area is 135 Å². The standard InChI is InChI=1S/C21H23P/c1-3-22(4-2)21-13-9-8-12-20(21)19-15-14-18(16-19)17-10-6-5-7-11-17/h5-14,16H,3-4,15H2,1-2H3. The van der Waals surface area contributed by atoms with Crippen molar-refractivity contribution in [3.05, 3.63) is 77.9 Å². The molecule has 0 atom stereocenters. The quantitative estimate of drug-likeness (QED) is 0.621. The maximum absolute atomic E-state index is 2.38. The van der Waals surface area contributed by atoms with Gasteiger partial charge in [-0.2, -0.15) is 0 Å². The number of hydrogen-bond acceptors (Lipinski definition) is 0. The third-order valence-corrected chi connectivity index (χ3v) is 6.93. The van der Waals surface area contributed by atoms with Gasteiger partial charge in [0.15, 0.2) is 0 Å². The third-order valence-electron chi connectivity index (χ3n) is 4.33. The highest BCUT2D eigenvalue weighted by Gasteiger charge is 2.16. The SMILES string of the molecule is CCP(CC)c1ccccc1C1=CC(c2ccccc2)=CC1. The lowest BCUT2D eigenvalue weighted by Gasteiger charge is -2.18. The molecule has 0 nitrogen and oxygen atoms in total. The zero-order valence-electron chi connectivity index (χ0n) is 13.4. The van der Waals surface area contributed by atoms with Crippen molar-refractivity contribution in [3.63, 3.8) is 0 Å². The molecule has 0 unspecified atom stereocenters. The van der Waals surface area contributed by atoms with Crippen LogP contribution in [0.5, 0.6) is 0 Å². The molecule has 0 saturated heterocycles. The zero-order valence-corrected chi connectivity index (χ0v) is 14.3. The van der Waals surface area contributed by atoms with Gasteiger partial charge in [0.2, 0.25) is 0 Å². The topological polar surface area (TPSA) is 0 Å². The first-order valence-corrected chi connectivity index (χ1v) is 9.85. The van der Waals surface area contributed by atoms with Crippen molar-refractivity contribution in [1.29, 1.82) is 0 Å². The summed E-state index contributed by atoms with van der Waals surface area (Å²) in [5.41, 5.74) is 5.63. The van der Waals surface area contributed by atoms with Gasteiger partial charge in [0.05, 0.1) is 0 Å². The summed E-state index contributed by atoms with van der Waals surface area (Å²) in [6.07, 6.45) is 8.34. The Morgan fingerprint density at radius 3 is 2.27 bits per heavy atom. The molecule has 0 heterocycles. The fourth-order valence-corrected chi connectivity index (χ4v) is 5.11. The van der Waals surface area contributed by atoms with Crippen molar-refractivity contribution in [2.45, 2.75) is 20.3 Å². The number of rotatable bonds is 5. The van der Waals surface area contributed by atoms with Gasteiger partial charge in [0.1, 0.15) is 0 Å². The summed E-state index contributed by atoms with van der Waals surface area (Å²) in [6.45, 7) is 4.64. The van der Waals surface area contributed by atoms with Gasteiger partial charge in [-0.25, -0.2) is 0 Å². The summed E-state index contributed by atoms with van der Waals surface area (Å²) in [5, 5.41) is 1.58. The Bertz CT molecular complexity index is 691. The smallest absolute Gasteiger partial charge is 0.00818 e. The van der Waals surface area contributed by atoms with Crippen LogP contribution in [0.1, 0.15) is 31.4 Å². The molecule has 0 bridgehead atoms. The molecule has 1 heteroatoms. The lowest BCUT2D eigenvalue weighted by atomic mass is 10.0. The van der Waals surface area contributed by atoms with E-state index in [0.717, 1.165) is 6.42 Å². The maximum Gasteiger partial charge on any atom is -0.00818 e. The molecule has 0 amide bonds. The van der Waals surface area contributed by atoms with Crippen molar-refractivity contribution >= 4 is 24.4 Å². The van der Waals surface area contributed by atoms with Crippen LogP contribution in [-0.4, -0.2) is 12.3 Å². The highest BCUT2D eigenvalue weighted by atomic mass is 31.1. The number of benzene rings is 2. The van der Waals surface area contributed by atoms with Gasteiger partial charge < -0.3 is 0 Å². The van der Waals surface area contributed by atoms with Crippen molar-refractivity contribution in [2.24, 2.45) is 0 Å². The predicted octanol–water partition coefficient (Wildman–Crippen LogP) is 5.70. The molecule has 0 aliphatic heterocycles. The molecule has 1 aliphatic carbocycles. The van der Waals surface area contributed by atoms with E-state index in [1.807, 2.05) is 0 Å². The van der Waals surface area contributed by atoms with Crippen molar-refractivity contribution in [3.8, 4) is 0 Å². The number of allylic oxidation sites excluding steroid dienone is 4. The monoisotopic (exact) mass is 306 g/mol. The molecule has 0 spiro atoms. The van der Waals surface area contributed by atoms with Crippen LogP contribution in [-0.2, 0) is 0 Å². The summed E-state index contributed by atoms with van der Waals surface area (Å²) >= 11 is 0. The summed E-state index contributed by atoms with van der Waals surface area (Å²) in [6, 6.07) is 19.7. The summed E-state index contributed by atoms with van der Waals surface area (Å²) in [7, 11) is -0.0207. The van der Waals surface area contributed by atoms with Crippen LogP contribution in [0.4, 0.5) is 0 Å². The van der Waals surface area contributed by atoms with E-state index < -0.39 is 0 Å². The van der Waals surface area contributed by atoms with Gasteiger partial charge in [0, 0.05) is 0 Å². The highest BCUT2D eigenvalue weighted by molar-refractivity contribution is 7.65. The van der Waals surface area contributed by atoms with E-state index >= 15 is 0 Å². The van der Waals surface area contributed by atoms with Crippen LogP contribution in [0.2, 0.25) is 0 Å². The molecule has 2 aromatic carbocycles. The van der Waals surface area contributed by atoms with Crippen LogP contribution in [0.3, 0.4) is 0 Å². The largest absolute Gasteiger partial charge is 0.0752 e. The van der Waals surface area contributed by atoms with Crippen LogP contribution in [0.15, 0.2) is 66.7 Å². The fourth-order valence-electron chi connectivity index (χ4n) is 3.13. The van der Waals surface area contributed by atoms with E-state index in [1.54, 1.807) is 5.30 Å². The van der Waals surface area contributed by atoms with Gasteiger partial charge in [-0.3, -0.25) is 0 Å². The van der Waals surface area contributed by atoms with Crippen LogP contribution in [0.25, 0.3) is 11.1 Å². The van der Waals surface area contributed by atoms with Gasteiger partial charge >= 0.3 is 0 Å². The molecule has 22 heavy (non-hydrogen) atoms. The molecule has 0 aromatic heterocycles. The molecule has 0 saturated carbocycles. The number of hydrogen-bond donors (Lipinski definition) is 0. The lowest BCUT2D eigenvalue weighted by molar-refractivity contribution is 1.41. The Morgan fingerprint density at radius 2 is 1.55 bits per heavy atom. The van der Waals surface area contributed by atoms with Crippen LogP contribution < -0.4 is 5.30 Å². The van der Waals surface area contributed by atoms with E-state index in [1.165, 1.54) is 34.6 Å². The average Bonchev–Trinajstić information content (AvgIpc) is 3.07. The van der Waals surface area contributed by atoms with Crippen molar-refractivity contribution < 1.29 is 0 Å². The normalized spacial score (nSPS) is 14.1. The van der Waals surface area contributed by atoms with Gasteiger partial charge in [-0.15, -0.1) is 0 Å². The summed E-state index contributed by atoms with van der Waals surface area (Å²) < 4.78 is 0. The van der Waals surface area contributed by atoms with Gasteiger partial charge in [0.25, 0.3) is 0 Å². The second kappa shape index (κ2) is 7.07. The first-order valence-electron chi connectivity index (χ1n) is 8.14. The molecule has 3 rings (SSSR count). The molecular weight excluding hydrogens is 283 g/mol. The fraction of sp³-hybridized carbons (Fsp3) is 0.238. The minimum absolute atomic E-state index is 0.0207. The van der Waals surface area contributed by atoms with E-state index in [4.69, 9.17) is 0 Å². The Balaban J connectivity index is 1.94. The molecule has 2 aromatic rings. The van der Waals surface area contributed by atoms with Crippen LogP contribution >= 0.6 is 7.92 Å². The molecule has 0 N–H and O–H groups in total. The molecule has 112 valence electrons. The molecule has 0 radical (unpaired) electrons. The van der Waals surface area contributed by atoms with Crippen molar-refractivity contribution in [2.75, 3.05) is 12.3 Å². The van der Waals surface area contributed by atoms with E-state index in [2.05, 4.69) is 80.6 Å². The second-order valence-corrected chi connectivity index (χ2v) is 8.42. The third kappa shape index (κ3) is 3.08. The molecule has 1 aliphatic rings. The minimum atomic E-state index is -0.0207. The minimum Gasteiger partial charge on any atom is -0.0752 e. The summed E-state index contributed by atoms with van der Waals surface area (Å²) in [5.74, 6) is 0. The first-order chi connectivity index (χ1) is 10.8. The van der Waals surface area contributed by atoms with Gasteiger partial charge in [-0.1, -0.05) is 88.5 Å². The summed E-state index contributed by atoms with van der Waals surface area (Å²) in [4.78, 5) is 0. The predicted molar refractivity (Wildman–Crippen MR) is 101 cm³/mol. The maximum atomic E-state index is 2.38. The first kappa shape index (κ1) is 15.3. The van der Waals surface area contributed by atoms with Gasteiger partial charge in [-0.05, 0) is 46.3 Å². The Kier molecular flexibility index (Phi) is 4.90. The van der Waals surface area contributed by atoms with E-state index in [9.17, 15) is 0 Å². The van der Waals surface area contributed by atoms with Crippen LogP contribution in [0, 0.1) is 0 Å². The average molecular weight is 306 g/mol. The van der Waals surface area contributed by atoms with E-state index in [-0.39, 0.29) is 7.92 Å². The van der Waals surface area contributed by atoms with Crippen molar-refractivity contribution in [1.82, 2.24) is 0 Å². The Hall–Kier alpha value is -1.65. The molecule has 0 fully saturated rings. The highest BCUT2D eigenvalue weighted by Crippen LogP contribution is 2.39. The molecular formula is C21H23P. The zero-order chi connectivity index (χ0) is 15.4. The van der Waals surface area contributed by atoms with E-state index in [0.29, 0.717) is 0 Å². The lowest BCUT2D eigenvalue weighted by Crippen LogP contribution is -2.09. The second-order valence-electron chi connectivity index (χ2n) is 5.59.